The molecule has 0 aromatic carbocycles. The van der Waals surface area contributed by atoms with Gasteiger partial charge in [-0.2, -0.15) is 0 Å². The first-order valence-electron chi connectivity index (χ1n) is 10.3. The van der Waals surface area contributed by atoms with Crippen LogP contribution in [0.2, 0.25) is 0 Å². The standard InChI is InChI=1S/C21H36N2O/c1-15-19-11-16(21(19,2)3)12-20(15)22-13-18(14-24)23-17-9-7-5-4-6-8-10-17/h15-17,19-20,22-23H,4-13H2,1-3H3/t15-,16+,19-,20-/m1/s1. The molecule has 4 aliphatic carbocycles. The number of nitrogens with one attached hydrogen (secondary N) is 2. The molecule has 0 unspecified atom stereocenters. The van der Waals surface area contributed by atoms with E-state index in [-0.39, 0.29) is 0 Å². The zero-order valence-electron chi connectivity index (χ0n) is 15.9. The van der Waals surface area contributed by atoms with Crippen molar-refractivity contribution in [2.75, 3.05) is 6.54 Å². The molecule has 0 heterocycles. The van der Waals surface area contributed by atoms with Crippen LogP contribution in [0, 0.1) is 23.2 Å². The molecule has 3 nitrogen and oxygen atoms in total. The number of hydrogen-bond donors (Lipinski definition) is 2. The molecule has 4 atom stereocenters. The monoisotopic (exact) mass is 332 g/mol. The predicted octanol–water partition coefficient (Wildman–Crippen LogP) is 4.06. The Morgan fingerprint density at radius 2 is 1.75 bits per heavy atom. The summed E-state index contributed by atoms with van der Waals surface area (Å²) in [6.07, 6.45) is 11.7. The van der Waals surface area contributed by atoms with Crippen molar-refractivity contribution in [3.8, 4) is 0 Å². The fraction of sp³-hybridized carbons (Fsp3) is 0.905. The van der Waals surface area contributed by atoms with Gasteiger partial charge >= 0.3 is 0 Å². The lowest BCUT2D eigenvalue weighted by Crippen LogP contribution is -2.60. The molecule has 0 saturated heterocycles. The predicted molar refractivity (Wildman–Crippen MR) is 99.4 cm³/mol. The van der Waals surface area contributed by atoms with Crippen molar-refractivity contribution in [1.82, 2.24) is 10.6 Å². The van der Waals surface area contributed by atoms with E-state index < -0.39 is 0 Å². The maximum Gasteiger partial charge on any atom is 0.146 e. The molecule has 24 heavy (non-hydrogen) atoms. The number of rotatable bonds is 5. The molecule has 0 amide bonds. The van der Waals surface area contributed by atoms with Crippen LogP contribution in [-0.4, -0.2) is 24.6 Å². The lowest BCUT2D eigenvalue weighted by atomic mass is 9.45. The summed E-state index contributed by atoms with van der Waals surface area (Å²) in [6, 6.07) is 1.03. The summed E-state index contributed by atoms with van der Waals surface area (Å²) in [6.45, 7) is 7.93. The van der Waals surface area contributed by atoms with Gasteiger partial charge in [0, 0.05) is 18.6 Å². The highest BCUT2D eigenvalue weighted by molar-refractivity contribution is 5.52. The van der Waals surface area contributed by atoms with Crippen molar-refractivity contribution in [3.05, 3.63) is 5.70 Å². The quantitative estimate of drug-likeness (QED) is 0.746. The lowest BCUT2D eigenvalue weighted by Gasteiger charge is -2.62. The van der Waals surface area contributed by atoms with E-state index in [1.54, 1.807) is 0 Å². The van der Waals surface area contributed by atoms with Gasteiger partial charge in [0.1, 0.15) is 11.6 Å². The molecular formula is C21H36N2O. The van der Waals surface area contributed by atoms with E-state index in [1.807, 2.05) is 0 Å². The summed E-state index contributed by atoms with van der Waals surface area (Å²) < 4.78 is 0. The SMILES string of the molecule is C[C@@H]1[C@H]2C[C@@H](C[C@H]1NCC(=C=O)NC1CCCCCCC1)C2(C)C. The second-order valence-corrected chi connectivity index (χ2v) is 9.21. The van der Waals surface area contributed by atoms with Gasteiger partial charge in [-0.3, -0.25) is 0 Å². The van der Waals surface area contributed by atoms with Crippen LogP contribution in [-0.2, 0) is 4.79 Å². The van der Waals surface area contributed by atoms with Crippen molar-refractivity contribution in [1.29, 1.82) is 0 Å². The van der Waals surface area contributed by atoms with Gasteiger partial charge in [0.25, 0.3) is 0 Å². The molecule has 4 saturated carbocycles. The number of fused-ring (bicyclic) bond motifs is 2. The van der Waals surface area contributed by atoms with Gasteiger partial charge < -0.3 is 10.6 Å². The fourth-order valence-corrected chi connectivity index (χ4v) is 5.62. The van der Waals surface area contributed by atoms with Crippen LogP contribution in [0.4, 0.5) is 0 Å². The Morgan fingerprint density at radius 1 is 1.08 bits per heavy atom. The van der Waals surface area contributed by atoms with E-state index in [9.17, 15) is 4.79 Å². The molecule has 0 radical (unpaired) electrons. The summed E-state index contributed by atoms with van der Waals surface area (Å²) in [4.78, 5) is 11.4. The van der Waals surface area contributed by atoms with Crippen molar-refractivity contribution in [3.63, 3.8) is 0 Å². The molecule has 0 aromatic heterocycles. The zero-order chi connectivity index (χ0) is 17.2. The maximum absolute atomic E-state index is 11.4. The molecule has 4 aliphatic rings. The van der Waals surface area contributed by atoms with Gasteiger partial charge in [-0.1, -0.05) is 52.9 Å². The Bertz CT molecular complexity index is 472. The first-order chi connectivity index (χ1) is 11.5. The van der Waals surface area contributed by atoms with E-state index in [1.165, 1.54) is 57.8 Å². The van der Waals surface area contributed by atoms with E-state index in [0.29, 0.717) is 30.0 Å². The minimum absolute atomic E-state index is 0.472. The fourth-order valence-electron chi connectivity index (χ4n) is 5.62. The largest absolute Gasteiger partial charge is 0.376 e. The van der Waals surface area contributed by atoms with Gasteiger partial charge in [0.2, 0.25) is 0 Å². The molecule has 0 spiro atoms. The number of carbonyl (C=O) groups excluding carboxylic acids is 1. The molecule has 2 N–H and O–H groups in total. The minimum Gasteiger partial charge on any atom is -0.376 e. The third kappa shape index (κ3) is 3.73. The summed E-state index contributed by atoms with van der Waals surface area (Å²) in [7, 11) is 0. The van der Waals surface area contributed by atoms with Gasteiger partial charge in [0.15, 0.2) is 0 Å². The Labute approximate surface area is 148 Å². The molecule has 4 fully saturated rings. The molecular weight excluding hydrogens is 296 g/mol. The average molecular weight is 333 g/mol. The highest BCUT2D eigenvalue weighted by Gasteiger charge is 2.55. The lowest BCUT2D eigenvalue weighted by molar-refractivity contribution is -0.114. The van der Waals surface area contributed by atoms with Crippen LogP contribution >= 0.6 is 0 Å². The van der Waals surface area contributed by atoms with Crippen LogP contribution < -0.4 is 10.6 Å². The zero-order valence-corrected chi connectivity index (χ0v) is 15.9. The Hall–Kier alpha value is -0.790. The highest BCUT2D eigenvalue weighted by Crippen LogP contribution is 2.61. The van der Waals surface area contributed by atoms with Crippen LogP contribution in [0.3, 0.4) is 0 Å². The van der Waals surface area contributed by atoms with Gasteiger partial charge in [-0.15, -0.1) is 0 Å². The van der Waals surface area contributed by atoms with Crippen LogP contribution in [0.25, 0.3) is 0 Å². The van der Waals surface area contributed by atoms with Gasteiger partial charge in [0.05, 0.1) is 0 Å². The van der Waals surface area contributed by atoms with E-state index in [0.717, 1.165) is 17.5 Å². The van der Waals surface area contributed by atoms with Crippen molar-refractivity contribution in [2.45, 2.75) is 90.6 Å². The van der Waals surface area contributed by atoms with Crippen molar-refractivity contribution >= 4 is 5.94 Å². The summed E-state index contributed by atoms with van der Waals surface area (Å²) in [5, 5.41) is 7.17. The summed E-state index contributed by atoms with van der Waals surface area (Å²) in [5.41, 5.74) is 1.27. The van der Waals surface area contributed by atoms with E-state index in [4.69, 9.17) is 0 Å². The molecule has 2 bridgehead atoms. The van der Waals surface area contributed by atoms with Crippen molar-refractivity contribution < 1.29 is 4.79 Å². The Morgan fingerprint density at radius 3 is 2.33 bits per heavy atom. The topological polar surface area (TPSA) is 41.1 Å². The van der Waals surface area contributed by atoms with Crippen molar-refractivity contribution in [2.24, 2.45) is 23.2 Å². The first-order valence-corrected chi connectivity index (χ1v) is 10.3. The molecule has 0 aromatic rings. The molecule has 3 heteroatoms. The van der Waals surface area contributed by atoms with Crippen LogP contribution in [0.1, 0.15) is 78.6 Å². The molecule has 0 aliphatic heterocycles. The normalized spacial score (nSPS) is 36.0. The Balaban J connectivity index is 1.47. The van der Waals surface area contributed by atoms with Crippen LogP contribution in [0.5, 0.6) is 0 Å². The maximum atomic E-state index is 11.4. The Kier molecular flexibility index (Phi) is 5.72. The third-order valence-corrected chi connectivity index (χ3v) is 7.50. The summed E-state index contributed by atoms with van der Waals surface area (Å²) in [5.74, 6) is 4.58. The number of hydrogen-bond acceptors (Lipinski definition) is 3. The first kappa shape index (κ1) is 18.0. The highest BCUT2D eigenvalue weighted by atomic mass is 16.1. The summed E-state index contributed by atoms with van der Waals surface area (Å²) >= 11 is 0. The van der Waals surface area contributed by atoms with E-state index >= 15 is 0 Å². The minimum atomic E-state index is 0.472. The van der Waals surface area contributed by atoms with Crippen LogP contribution in [0.15, 0.2) is 5.70 Å². The average Bonchev–Trinajstić information content (AvgIpc) is 2.53. The molecule has 4 rings (SSSR count). The van der Waals surface area contributed by atoms with Gasteiger partial charge in [-0.25, -0.2) is 4.79 Å². The second kappa shape index (κ2) is 7.62. The van der Waals surface area contributed by atoms with E-state index in [2.05, 4.69) is 37.3 Å². The third-order valence-electron chi connectivity index (χ3n) is 7.50. The van der Waals surface area contributed by atoms with Gasteiger partial charge in [-0.05, 0) is 48.9 Å². The smallest absolute Gasteiger partial charge is 0.146 e. The second-order valence-electron chi connectivity index (χ2n) is 9.21. The molecule has 136 valence electrons.